The number of hydrogen-bond acceptors (Lipinski definition) is 5. The molecule has 0 radical (unpaired) electrons. The van der Waals surface area contributed by atoms with E-state index in [9.17, 15) is 9.59 Å². The fourth-order valence-electron chi connectivity index (χ4n) is 2.69. The monoisotopic (exact) mass is 344 g/mol. The first-order valence-corrected chi connectivity index (χ1v) is 8.78. The van der Waals surface area contributed by atoms with Crippen LogP contribution in [-0.4, -0.2) is 46.8 Å². The van der Waals surface area contributed by atoms with Gasteiger partial charge in [-0.1, -0.05) is 42.1 Å². The molecule has 1 amide bonds. The Balaban J connectivity index is 1.85. The van der Waals surface area contributed by atoms with E-state index in [2.05, 4.69) is 10.3 Å². The smallest absolute Gasteiger partial charge is 0.267 e. The molecule has 0 saturated carbocycles. The molecule has 3 rings (SSSR count). The SMILES string of the molecule is CN(C)CC(NC(=O)c1cnc2n(c1=O)CCS2)c1ccccc1. The number of fused-ring (bicyclic) bond motifs is 1. The lowest BCUT2D eigenvalue weighted by Gasteiger charge is -2.22. The minimum atomic E-state index is -0.379. The topological polar surface area (TPSA) is 67.2 Å². The molecular formula is C17H20N4O2S. The lowest BCUT2D eigenvalue weighted by Crippen LogP contribution is -2.39. The third-order valence-electron chi connectivity index (χ3n) is 3.86. The summed E-state index contributed by atoms with van der Waals surface area (Å²) < 4.78 is 1.57. The van der Waals surface area contributed by atoms with E-state index in [0.717, 1.165) is 11.3 Å². The first-order chi connectivity index (χ1) is 11.6. The van der Waals surface area contributed by atoms with Crippen molar-refractivity contribution in [2.75, 3.05) is 26.4 Å². The molecule has 0 spiro atoms. The molecule has 0 aliphatic carbocycles. The number of hydrogen-bond donors (Lipinski definition) is 1. The summed E-state index contributed by atoms with van der Waals surface area (Å²) in [6.07, 6.45) is 1.39. The zero-order chi connectivity index (χ0) is 17.1. The molecule has 0 fully saturated rings. The summed E-state index contributed by atoms with van der Waals surface area (Å²) in [5, 5.41) is 3.66. The first-order valence-electron chi connectivity index (χ1n) is 7.79. The fourth-order valence-corrected chi connectivity index (χ4v) is 3.61. The maximum Gasteiger partial charge on any atom is 0.267 e. The summed E-state index contributed by atoms with van der Waals surface area (Å²) in [6, 6.07) is 9.56. The minimum Gasteiger partial charge on any atom is -0.344 e. The second-order valence-corrected chi connectivity index (χ2v) is 7.02. The highest BCUT2D eigenvalue weighted by atomic mass is 32.2. The van der Waals surface area contributed by atoms with Crippen molar-refractivity contribution in [3.63, 3.8) is 0 Å². The molecule has 1 aliphatic heterocycles. The maximum absolute atomic E-state index is 12.6. The van der Waals surface area contributed by atoms with E-state index >= 15 is 0 Å². The average molecular weight is 344 g/mol. The van der Waals surface area contributed by atoms with Gasteiger partial charge in [-0.3, -0.25) is 14.2 Å². The van der Waals surface area contributed by atoms with Crippen LogP contribution in [0.1, 0.15) is 22.0 Å². The van der Waals surface area contributed by atoms with Gasteiger partial charge >= 0.3 is 0 Å². The Morgan fingerprint density at radius 3 is 2.83 bits per heavy atom. The van der Waals surface area contributed by atoms with Crippen LogP contribution in [0.3, 0.4) is 0 Å². The summed E-state index contributed by atoms with van der Waals surface area (Å²) in [7, 11) is 3.90. The number of thioether (sulfide) groups is 1. The Labute approximate surface area is 144 Å². The van der Waals surface area contributed by atoms with Crippen LogP contribution in [0.25, 0.3) is 0 Å². The Morgan fingerprint density at radius 1 is 1.38 bits per heavy atom. The number of carbonyl (C=O) groups excluding carboxylic acids is 1. The lowest BCUT2D eigenvalue weighted by molar-refractivity contribution is 0.0927. The minimum absolute atomic E-state index is 0.0981. The third-order valence-corrected chi connectivity index (χ3v) is 4.83. The van der Waals surface area contributed by atoms with Crippen LogP contribution < -0.4 is 10.9 Å². The molecule has 1 unspecified atom stereocenters. The zero-order valence-corrected chi connectivity index (χ0v) is 14.5. The van der Waals surface area contributed by atoms with E-state index < -0.39 is 0 Å². The Hall–Kier alpha value is -2.12. The number of nitrogens with one attached hydrogen (secondary N) is 1. The third kappa shape index (κ3) is 3.52. The summed E-state index contributed by atoms with van der Waals surface area (Å²) in [6.45, 7) is 1.25. The van der Waals surface area contributed by atoms with Crippen molar-refractivity contribution in [3.05, 3.63) is 58.0 Å². The van der Waals surface area contributed by atoms with Crippen molar-refractivity contribution in [3.8, 4) is 0 Å². The highest BCUT2D eigenvalue weighted by molar-refractivity contribution is 7.99. The largest absolute Gasteiger partial charge is 0.344 e. The molecule has 2 aromatic rings. The number of carbonyl (C=O) groups is 1. The number of likely N-dealkylation sites (N-methyl/N-ethyl adjacent to an activating group) is 1. The standard InChI is InChI=1S/C17H20N4O2S/c1-20(2)11-14(12-6-4-3-5-7-12)19-15(22)13-10-18-17-21(16(13)23)8-9-24-17/h3-7,10,14H,8-9,11H2,1-2H3,(H,19,22). The Kier molecular flexibility index (Phi) is 5.01. The van der Waals surface area contributed by atoms with E-state index in [1.165, 1.54) is 18.0 Å². The van der Waals surface area contributed by atoms with E-state index in [4.69, 9.17) is 0 Å². The van der Waals surface area contributed by atoms with Crippen LogP contribution in [0.2, 0.25) is 0 Å². The average Bonchev–Trinajstić information content (AvgIpc) is 3.04. The van der Waals surface area contributed by atoms with Crippen molar-refractivity contribution in [1.82, 2.24) is 19.8 Å². The molecule has 0 saturated heterocycles. The van der Waals surface area contributed by atoms with Gasteiger partial charge in [0.25, 0.3) is 11.5 Å². The van der Waals surface area contributed by atoms with Gasteiger partial charge in [-0.15, -0.1) is 0 Å². The summed E-state index contributed by atoms with van der Waals surface area (Å²) in [5.41, 5.74) is 0.837. The number of amides is 1. The van der Waals surface area contributed by atoms with Gasteiger partial charge < -0.3 is 10.2 Å². The molecular weight excluding hydrogens is 324 g/mol. The number of rotatable bonds is 5. The fraction of sp³-hybridized carbons (Fsp3) is 0.353. The summed E-state index contributed by atoms with van der Waals surface area (Å²) >= 11 is 1.54. The molecule has 1 aromatic heterocycles. The zero-order valence-electron chi connectivity index (χ0n) is 13.7. The summed E-state index contributed by atoms with van der Waals surface area (Å²) in [5.74, 6) is 0.441. The van der Waals surface area contributed by atoms with Gasteiger partial charge in [-0.25, -0.2) is 4.98 Å². The van der Waals surface area contributed by atoms with Crippen LogP contribution >= 0.6 is 11.8 Å². The molecule has 2 heterocycles. The highest BCUT2D eigenvalue weighted by Gasteiger charge is 2.22. The molecule has 24 heavy (non-hydrogen) atoms. The van der Waals surface area contributed by atoms with Crippen LogP contribution in [-0.2, 0) is 6.54 Å². The van der Waals surface area contributed by atoms with Gasteiger partial charge in [-0.2, -0.15) is 0 Å². The summed E-state index contributed by atoms with van der Waals surface area (Å²) in [4.78, 5) is 31.4. The highest BCUT2D eigenvalue weighted by Crippen LogP contribution is 2.20. The van der Waals surface area contributed by atoms with Crippen LogP contribution in [0.4, 0.5) is 0 Å². The molecule has 1 N–H and O–H groups in total. The quantitative estimate of drug-likeness (QED) is 0.830. The molecule has 7 heteroatoms. The van der Waals surface area contributed by atoms with Gasteiger partial charge in [-0.05, 0) is 19.7 Å². The number of nitrogens with zero attached hydrogens (tertiary/aromatic N) is 3. The molecule has 1 aliphatic rings. The Morgan fingerprint density at radius 2 is 2.12 bits per heavy atom. The number of aromatic nitrogens is 2. The van der Waals surface area contributed by atoms with Crippen molar-refractivity contribution in [2.45, 2.75) is 17.7 Å². The molecule has 6 nitrogen and oxygen atoms in total. The van der Waals surface area contributed by atoms with Crippen LogP contribution in [0.15, 0.2) is 46.5 Å². The first kappa shape index (κ1) is 16.7. The van der Waals surface area contributed by atoms with E-state index in [1.807, 2.05) is 49.3 Å². The van der Waals surface area contributed by atoms with Crippen molar-refractivity contribution in [2.24, 2.45) is 0 Å². The normalized spacial score (nSPS) is 14.5. The van der Waals surface area contributed by atoms with Gasteiger partial charge in [0.1, 0.15) is 5.56 Å². The molecule has 126 valence electrons. The van der Waals surface area contributed by atoms with Crippen molar-refractivity contribution < 1.29 is 4.79 Å². The van der Waals surface area contributed by atoms with Crippen LogP contribution in [0, 0.1) is 0 Å². The second kappa shape index (κ2) is 7.19. The van der Waals surface area contributed by atoms with Gasteiger partial charge in [0.2, 0.25) is 0 Å². The van der Waals surface area contributed by atoms with Crippen molar-refractivity contribution in [1.29, 1.82) is 0 Å². The Bertz CT molecular complexity index is 789. The second-order valence-electron chi connectivity index (χ2n) is 5.96. The van der Waals surface area contributed by atoms with E-state index in [0.29, 0.717) is 18.2 Å². The maximum atomic E-state index is 12.6. The lowest BCUT2D eigenvalue weighted by atomic mass is 10.1. The van der Waals surface area contributed by atoms with Gasteiger partial charge in [0.15, 0.2) is 5.16 Å². The molecule has 0 bridgehead atoms. The van der Waals surface area contributed by atoms with E-state index in [1.54, 1.807) is 4.57 Å². The van der Waals surface area contributed by atoms with Crippen molar-refractivity contribution >= 4 is 17.7 Å². The predicted molar refractivity (Wildman–Crippen MR) is 94.4 cm³/mol. The molecule has 1 aromatic carbocycles. The van der Waals surface area contributed by atoms with Gasteiger partial charge in [0.05, 0.1) is 6.04 Å². The van der Waals surface area contributed by atoms with E-state index in [-0.39, 0.29) is 23.1 Å². The van der Waals surface area contributed by atoms with Crippen LogP contribution in [0.5, 0.6) is 0 Å². The van der Waals surface area contributed by atoms with Gasteiger partial charge in [0, 0.05) is 25.0 Å². The predicted octanol–water partition coefficient (Wildman–Crippen LogP) is 1.38. The molecule has 1 atom stereocenters. The number of benzene rings is 1.